The molecule has 0 saturated carbocycles. The molecule has 3 nitrogen and oxygen atoms in total. The van der Waals surface area contributed by atoms with Crippen LogP contribution in [0.2, 0.25) is 0 Å². The molecule has 138 valence electrons. The lowest BCUT2D eigenvalue weighted by Crippen LogP contribution is -2.04. The fourth-order valence-corrected chi connectivity index (χ4v) is 3.26. The van der Waals surface area contributed by atoms with E-state index in [4.69, 9.17) is 4.55 Å². The minimum atomic E-state index is -4.59. The highest BCUT2D eigenvalue weighted by molar-refractivity contribution is 7.85. The van der Waals surface area contributed by atoms with Crippen LogP contribution in [0.5, 0.6) is 0 Å². The zero-order chi connectivity index (χ0) is 18.0. The summed E-state index contributed by atoms with van der Waals surface area (Å²) >= 11 is 0. The molecule has 6 heteroatoms. The number of benzene rings is 1. The summed E-state index contributed by atoms with van der Waals surface area (Å²) in [7, 11) is -4.59. The largest absolute Gasteiger partial charge is 0.294 e. The monoisotopic (exact) mass is 362 g/mol. The van der Waals surface area contributed by atoms with E-state index in [-0.39, 0.29) is 12.0 Å². The number of rotatable bonds is 12. The second-order valence-electron chi connectivity index (χ2n) is 6.27. The van der Waals surface area contributed by atoms with Crippen LogP contribution in [0.1, 0.15) is 76.7 Å². The Bertz CT molecular complexity index is 577. The molecule has 1 aromatic rings. The second-order valence-corrected chi connectivity index (χ2v) is 7.69. The highest BCUT2D eigenvalue weighted by atomic mass is 32.2. The molecule has 0 fully saturated rings. The van der Waals surface area contributed by atoms with Crippen molar-refractivity contribution in [2.75, 3.05) is 0 Å². The van der Waals surface area contributed by atoms with Crippen molar-refractivity contribution in [3.8, 4) is 0 Å². The topological polar surface area (TPSA) is 54.4 Å². The van der Waals surface area contributed by atoms with Crippen molar-refractivity contribution in [1.82, 2.24) is 0 Å². The van der Waals surface area contributed by atoms with Crippen LogP contribution in [0.15, 0.2) is 17.0 Å². The Morgan fingerprint density at radius 3 is 1.67 bits per heavy atom. The lowest BCUT2D eigenvalue weighted by atomic mass is 10.0. The summed E-state index contributed by atoms with van der Waals surface area (Å²) in [4.78, 5) is -0.746. The van der Waals surface area contributed by atoms with Gasteiger partial charge in [0.25, 0.3) is 10.1 Å². The van der Waals surface area contributed by atoms with Gasteiger partial charge in [0, 0.05) is 5.56 Å². The van der Waals surface area contributed by atoms with E-state index < -0.39 is 26.6 Å². The van der Waals surface area contributed by atoms with Gasteiger partial charge in [-0.1, -0.05) is 64.7 Å². The van der Waals surface area contributed by atoms with Gasteiger partial charge in [0.05, 0.1) is 4.90 Å². The van der Waals surface area contributed by atoms with Crippen molar-refractivity contribution in [2.24, 2.45) is 0 Å². The maximum Gasteiger partial charge on any atom is 0.294 e. The third-order valence-electron chi connectivity index (χ3n) is 4.19. The molecule has 24 heavy (non-hydrogen) atoms. The average Bonchev–Trinajstić information content (AvgIpc) is 2.50. The fourth-order valence-electron chi connectivity index (χ4n) is 2.76. The van der Waals surface area contributed by atoms with Crippen LogP contribution in [0, 0.1) is 11.6 Å². The summed E-state index contributed by atoms with van der Waals surface area (Å²) in [5.41, 5.74) is -0.109. The van der Waals surface area contributed by atoms with E-state index in [0.717, 1.165) is 19.3 Å². The molecule has 0 aromatic heterocycles. The minimum absolute atomic E-state index is 0.109. The van der Waals surface area contributed by atoms with E-state index in [2.05, 4.69) is 6.92 Å². The number of hydrogen-bond acceptors (Lipinski definition) is 2. The highest BCUT2D eigenvalue weighted by Gasteiger charge is 2.17. The molecule has 0 aliphatic rings. The Morgan fingerprint density at radius 2 is 1.25 bits per heavy atom. The van der Waals surface area contributed by atoms with Crippen molar-refractivity contribution in [3.05, 3.63) is 29.3 Å². The minimum Gasteiger partial charge on any atom is -0.282 e. The summed E-state index contributed by atoms with van der Waals surface area (Å²) < 4.78 is 58.3. The molecule has 1 rings (SSSR count). The molecular formula is C18H28F2O3S. The molecule has 0 spiro atoms. The van der Waals surface area contributed by atoms with Gasteiger partial charge in [-0.15, -0.1) is 0 Å². The number of halogens is 2. The van der Waals surface area contributed by atoms with Crippen molar-refractivity contribution in [2.45, 2.75) is 82.4 Å². The lowest BCUT2D eigenvalue weighted by Gasteiger charge is -2.07. The molecule has 0 bridgehead atoms. The molecule has 1 N–H and O–H groups in total. The maximum atomic E-state index is 13.8. The van der Waals surface area contributed by atoms with Gasteiger partial charge < -0.3 is 0 Å². The van der Waals surface area contributed by atoms with E-state index in [9.17, 15) is 17.2 Å². The van der Waals surface area contributed by atoms with Crippen LogP contribution in [-0.4, -0.2) is 13.0 Å². The second kappa shape index (κ2) is 10.8. The quantitative estimate of drug-likeness (QED) is 0.385. The van der Waals surface area contributed by atoms with Gasteiger partial charge in [-0.3, -0.25) is 4.55 Å². The van der Waals surface area contributed by atoms with E-state index in [1.165, 1.54) is 38.5 Å². The predicted molar refractivity (Wildman–Crippen MR) is 91.7 cm³/mol. The molecular weight excluding hydrogens is 334 g/mol. The Morgan fingerprint density at radius 1 is 0.833 bits per heavy atom. The van der Waals surface area contributed by atoms with Gasteiger partial charge >= 0.3 is 0 Å². The van der Waals surface area contributed by atoms with Crippen molar-refractivity contribution < 1.29 is 21.8 Å². The summed E-state index contributed by atoms with van der Waals surface area (Å²) in [5.74, 6) is -1.84. The van der Waals surface area contributed by atoms with Gasteiger partial charge in [0.2, 0.25) is 0 Å². The van der Waals surface area contributed by atoms with E-state index in [1.54, 1.807) is 0 Å². The van der Waals surface area contributed by atoms with Crippen LogP contribution in [0.4, 0.5) is 8.78 Å². The third kappa shape index (κ3) is 7.71. The van der Waals surface area contributed by atoms with E-state index >= 15 is 0 Å². The van der Waals surface area contributed by atoms with Crippen molar-refractivity contribution in [1.29, 1.82) is 0 Å². The molecule has 0 saturated heterocycles. The van der Waals surface area contributed by atoms with Gasteiger partial charge in [0.15, 0.2) is 0 Å². The van der Waals surface area contributed by atoms with Gasteiger partial charge in [0.1, 0.15) is 11.6 Å². The van der Waals surface area contributed by atoms with Crippen LogP contribution in [0.3, 0.4) is 0 Å². The first-order valence-corrected chi connectivity index (χ1v) is 10.3. The highest BCUT2D eigenvalue weighted by Crippen LogP contribution is 2.21. The number of hydrogen-bond donors (Lipinski definition) is 1. The van der Waals surface area contributed by atoms with E-state index in [0.29, 0.717) is 18.6 Å². The number of unbranched alkanes of at least 4 members (excludes halogenated alkanes) is 9. The van der Waals surface area contributed by atoms with Crippen molar-refractivity contribution >= 4 is 10.1 Å². The van der Waals surface area contributed by atoms with Gasteiger partial charge in [-0.25, -0.2) is 8.78 Å². The molecule has 0 aliphatic heterocycles. The normalized spacial score (nSPS) is 11.8. The molecule has 0 radical (unpaired) electrons. The zero-order valence-electron chi connectivity index (χ0n) is 14.4. The van der Waals surface area contributed by atoms with Crippen LogP contribution >= 0.6 is 0 Å². The Balaban J connectivity index is 2.29. The van der Waals surface area contributed by atoms with Crippen LogP contribution in [0.25, 0.3) is 0 Å². The summed E-state index contributed by atoms with van der Waals surface area (Å²) in [5, 5.41) is 0. The molecule has 1 aromatic carbocycles. The molecule has 0 unspecified atom stereocenters. The molecule has 0 amide bonds. The first kappa shape index (κ1) is 21.0. The first-order chi connectivity index (χ1) is 11.4. The van der Waals surface area contributed by atoms with Crippen molar-refractivity contribution in [3.63, 3.8) is 0 Å². The molecule has 0 heterocycles. The van der Waals surface area contributed by atoms with E-state index in [1.807, 2.05) is 0 Å². The van der Waals surface area contributed by atoms with Crippen LogP contribution in [-0.2, 0) is 16.5 Å². The van der Waals surface area contributed by atoms with Gasteiger partial charge in [-0.05, 0) is 25.0 Å². The molecule has 0 aliphatic carbocycles. The average molecular weight is 362 g/mol. The summed E-state index contributed by atoms with van der Waals surface area (Å²) in [6.45, 7) is 2.20. The molecule has 0 atom stereocenters. The first-order valence-electron chi connectivity index (χ1n) is 8.81. The Kier molecular flexibility index (Phi) is 9.44. The fraction of sp³-hybridized carbons (Fsp3) is 0.667. The standard InChI is InChI=1S/C18H28F2O3S/c1-2-3-4-5-6-7-8-9-10-11-12-16-17(19)13-15(14-18(16)20)24(21,22)23/h13-14H,2-12H2,1H3,(H,21,22,23). The smallest absolute Gasteiger partial charge is 0.282 e. The van der Waals surface area contributed by atoms with Crippen LogP contribution < -0.4 is 0 Å². The predicted octanol–water partition coefficient (Wildman–Crippen LogP) is 5.67. The SMILES string of the molecule is CCCCCCCCCCCCc1c(F)cc(S(=O)(=O)O)cc1F. The Hall–Kier alpha value is -1.01. The Labute approximate surface area is 144 Å². The maximum absolute atomic E-state index is 13.8. The summed E-state index contributed by atoms with van der Waals surface area (Å²) in [6, 6.07) is 1.34. The van der Waals surface area contributed by atoms with Gasteiger partial charge in [-0.2, -0.15) is 8.42 Å². The summed E-state index contributed by atoms with van der Waals surface area (Å²) in [6.07, 6.45) is 11.6. The third-order valence-corrected chi connectivity index (χ3v) is 5.02. The zero-order valence-corrected chi connectivity index (χ0v) is 15.2. The lowest BCUT2D eigenvalue weighted by molar-refractivity contribution is 0.477.